The molecule has 3 aliphatic rings. The van der Waals surface area contributed by atoms with Crippen LogP contribution in [0.15, 0.2) is 5.11 Å². The molecule has 0 bridgehead atoms. The number of rotatable bonds is 8. The van der Waals surface area contributed by atoms with E-state index in [1.54, 1.807) is 27.7 Å². The van der Waals surface area contributed by atoms with E-state index in [1.165, 1.54) is 14.0 Å². The molecule has 0 spiro atoms. The molecule has 308 valence electrons. The van der Waals surface area contributed by atoms with Crippen LogP contribution in [0.1, 0.15) is 108 Å². The second kappa shape index (κ2) is 18.5. The fourth-order valence-corrected chi connectivity index (χ4v) is 8.94. The number of azide groups is 1. The van der Waals surface area contributed by atoms with Crippen LogP contribution in [-0.2, 0) is 33.2 Å². The molecule has 15 heteroatoms. The van der Waals surface area contributed by atoms with Gasteiger partial charge in [-0.1, -0.05) is 39.2 Å². The lowest BCUT2D eigenvalue weighted by Gasteiger charge is -2.49. The highest BCUT2D eigenvalue weighted by Crippen LogP contribution is 2.41. The average Bonchev–Trinajstić information content (AvgIpc) is 3.08. The minimum absolute atomic E-state index is 0.0575. The van der Waals surface area contributed by atoms with Crippen molar-refractivity contribution in [1.29, 1.82) is 0 Å². The molecule has 53 heavy (non-hydrogen) atoms. The van der Waals surface area contributed by atoms with Gasteiger partial charge in [-0.15, -0.1) is 0 Å². The fraction of sp³-hybridized carbons (Fsp3) is 0.974. The Morgan fingerprint density at radius 2 is 1.64 bits per heavy atom. The third-order valence-corrected chi connectivity index (χ3v) is 12.3. The summed E-state index contributed by atoms with van der Waals surface area (Å²) in [6.07, 6.45) is -5.87. The van der Waals surface area contributed by atoms with Gasteiger partial charge in [-0.2, -0.15) is 0 Å². The first-order valence-corrected chi connectivity index (χ1v) is 19.4. The molecular weight excluding hydrogens is 688 g/mol. The van der Waals surface area contributed by atoms with Gasteiger partial charge in [0.15, 0.2) is 12.6 Å². The van der Waals surface area contributed by atoms with Gasteiger partial charge >= 0.3 is 5.97 Å². The molecule has 3 saturated heterocycles. The lowest BCUT2D eigenvalue weighted by atomic mass is 9.76. The van der Waals surface area contributed by atoms with Crippen molar-refractivity contribution in [1.82, 2.24) is 4.90 Å². The molecule has 3 aliphatic heterocycles. The predicted octanol–water partition coefficient (Wildman–Crippen LogP) is 4.31. The number of aliphatic hydroxyl groups excluding tert-OH is 2. The van der Waals surface area contributed by atoms with Gasteiger partial charge in [0.25, 0.3) is 0 Å². The Bertz CT molecular complexity index is 1230. The number of methoxy groups -OCH3 is 1. The second-order valence-electron chi connectivity index (χ2n) is 17.2. The van der Waals surface area contributed by atoms with E-state index < -0.39 is 89.9 Å². The molecule has 0 aromatic heterocycles. The van der Waals surface area contributed by atoms with Gasteiger partial charge in [-0.3, -0.25) is 4.79 Å². The molecule has 18 atom stereocenters. The Balaban J connectivity index is 2.17. The molecule has 3 rings (SSSR count). The first-order valence-electron chi connectivity index (χ1n) is 19.4. The lowest BCUT2D eigenvalue weighted by Crippen LogP contribution is -2.60. The molecule has 0 aromatic rings. The maximum absolute atomic E-state index is 14.2. The van der Waals surface area contributed by atoms with Crippen molar-refractivity contribution in [3.63, 3.8) is 0 Å². The molecule has 3 fully saturated rings. The quantitative estimate of drug-likeness (QED) is 0.118. The van der Waals surface area contributed by atoms with E-state index in [2.05, 4.69) is 10.0 Å². The van der Waals surface area contributed by atoms with Crippen LogP contribution in [0.4, 0.5) is 0 Å². The van der Waals surface area contributed by atoms with Crippen LogP contribution >= 0.6 is 0 Å². The largest absolute Gasteiger partial charge is 0.459 e. The summed E-state index contributed by atoms with van der Waals surface area (Å²) >= 11 is 0. The minimum Gasteiger partial charge on any atom is -0.459 e. The van der Waals surface area contributed by atoms with Crippen molar-refractivity contribution < 1.29 is 53.6 Å². The molecule has 15 nitrogen and oxygen atoms in total. The number of esters is 1. The van der Waals surface area contributed by atoms with Crippen LogP contribution in [0.25, 0.3) is 10.4 Å². The number of nitrogens with zero attached hydrogens (tertiary/aromatic N) is 4. The number of carbonyl (C=O) groups excluding carboxylic acids is 1. The summed E-state index contributed by atoms with van der Waals surface area (Å²) < 4.78 is 37.8. The highest BCUT2D eigenvalue weighted by atomic mass is 16.7. The molecule has 0 aliphatic carbocycles. The highest BCUT2D eigenvalue weighted by Gasteiger charge is 2.52. The van der Waals surface area contributed by atoms with Gasteiger partial charge in [-0.25, -0.2) is 0 Å². The van der Waals surface area contributed by atoms with Gasteiger partial charge in [0, 0.05) is 30.4 Å². The van der Waals surface area contributed by atoms with E-state index in [0.717, 1.165) is 0 Å². The fourth-order valence-electron chi connectivity index (χ4n) is 8.94. The first-order chi connectivity index (χ1) is 24.5. The summed E-state index contributed by atoms with van der Waals surface area (Å²) in [6.45, 7) is 17.8. The lowest BCUT2D eigenvalue weighted by molar-refractivity contribution is -0.311. The number of carbonyl (C=O) groups is 1. The van der Waals surface area contributed by atoms with Gasteiger partial charge < -0.3 is 53.7 Å². The van der Waals surface area contributed by atoms with Gasteiger partial charge in [0.1, 0.15) is 17.8 Å². The van der Waals surface area contributed by atoms with Crippen LogP contribution < -0.4 is 0 Å². The number of hydrogen-bond acceptors (Lipinski definition) is 13. The van der Waals surface area contributed by atoms with E-state index in [4.69, 9.17) is 28.4 Å². The molecular formula is C38H70N4O11. The van der Waals surface area contributed by atoms with Crippen LogP contribution in [0, 0.1) is 23.7 Å². The zero-order valence-electron chi connectivity index (χ0n) is 34.3. The zero-order chi connectivity index (χ0) is 40.2. The third kappa shape index (κ3) is 10.6. The Labute approximate surface area is 316 Å². The number of aliphatic hydroxyl groups is 4. The zero-order valence-corrected chi connectivity index (χ0v) is 34.3. The monoisotopic (exact) mass is 759 g/mol. The Kier molecular flexibility index (Phi) is 16.0. The summed E-state index contributed by atoms with van der Waals surface area (Å²) in [7, 11) is 5.29. The summed E-state index contributed by atoms with van der Waals surface area (Å²) in [5.41, 5.74) is 5.02. The third-order valence-electron chi connectivity index (χ3n) is 12.3. The van der Waals surface area contributed by atoms with E-state index in [9.17, 15) is 30.8 Å². The summed E-state index contributed by atoms with van der Waals surface area (Å²) in [5, 5.41) is 51.0. The SMILES string of the molecule is CC[C@H]1OC(=O)[C@H](C)C(OC2C[C@@](C)(OC)C(N=[N+]=[N-])[C@H](C)O2)[C@H](C)C(OC2O[C@H](C)CC(N(C)C)C2O)[C@](C)(O)C[C@@H](C)CC[C@H](C)C(O)[C@@]1(C)O. The number of hydrogen-bond donors (Lipinski definition) is 4. The van der Waals surface area contributed by atoms with Crippen molar-refractivity contribution in [2.24, 2.45) is 28.8 Å². The van der Waals surface area contributed by atoms with Crippen LogP contribution in [0.2, 0.25) is 0 Å². The molecule has 0 radical (unpaired) electrons. The summed E-state index contributed by atoms with van der Waals surface area (Å²) in [6, 6.07) is -0.938. The van der Waals surface area contributed by atoms with Gasteiger partial charge in [-0.05, 0) is 98.7 Å². The smallest absolute Gasteiger partial charge is 0.311 e. The summed E-state index contributed by atoms with van der Waals surface area (Å²) in [5.74, 6) is -2.85. The maximum atomic E-state index is 14.2. The topological polar surface area (TPSA) is 205 Å². The van der Waals surface area contributed by atoms with Crippen molar-refractivity contribution in [2.75, 3.05) is 21.2 Å². The van der Waals surface area contributed by atoms with Crippen molar-refractivity contribution >= 4 is 5.97 Å². The molecule has 8 unspecified atom stereocenters. The van der Waals surface area contributed by atoms with Crippen molar-refractivity contribution in [3.8, 4) is 0 Å². The molecule has 0 aromatic carbocycles. The predicted molar refractivity (Wildman–Crippen MR) is 197 cm³/mol. The Hall–Kier alpha value is -1.62. The van der Waals surface area contributed by atoms with E-state index in [0.29, 0.717) is 19.3 Å². The van der Waals surface area contributed by atoms with Gasteiger partial charge in [0.05, 0.1) is 53.7 Å². The van der Waals surface area contributed by atoms with Crippen LogP contribution in [0.3, 0.4) is 0 Å². The first kappa shape index (κ1) is 45.8. The number of likely N-dealkylation sites (N-methyl/N-ethyl adjacent to an activating group) is 1. The van der Waals surface area contributed by atoms with Crippen molar-refractivity contribution in [3.05, 3.63) is 10.4 Å². The molecule has 4 N–H and O–H groups in total. The normalized spacial score (nSPS) is 48.3. The Morgan fingerprint density at radius 3 is 2.21 bits per heavy atom. The number of ether oxygens (including phenoxy) is 6. The molecule has 0 amide bonds. The second-order valence-corrected chi connectivity index (χ2v) is 17.2. The molecule has 0 saturated carbocycles. The van der Waals surface area contributed by atoms with Crippen LogP contribution in [-0.4, -0.2) is 137 Å². The number of cyclic esters (lactones) is 1. The minimum atomic E-state index is -1.75. The highest BCUT2D eigenvalue weighted by molar-refractivity contribution is 5.73. The van der Waals surface area contributed by atoms with Crippen LogP contribution in [0.5, 0.6) is 0 Å². The summed E-state index contributed by atoms with van der Waals surface area (Å²) in [4.78, 5) is 19.1. The van der Waals surface area contributed by atoms with E-state index in [-0.39, 0.29) is 43.2 Å². The maximum Gasteiger partial charge on any atom is 0.311 e. The van der Waals surface area contributed by atoms with Gasteiger partial charge in [0.2, 0.25) is 0 Å². The average molecular weight is 759 g/mol. The van der Waals surface area contributed by atoms with Crippen molar-refractivity contribution in [2.45, 2.75) is 192 Å². The molecule has 3 heterocycles. The standard InChI is InChI=1S/C38H70N4O11/c1-14-27-38(10,47)32(44)21(3)16-15-20(2)18-36(8,46)33(53-35-29(43)26(42(11)12)17-22(4)49-35)23(5)30(24(6)34(45)51-27)52-28-19-37(9,48-13)31(40-41-39)25(7)50-28/h20-33,35,43-44,46-47H,14-19H2,1-13H3/t20-,21-,22+,23-,24+,25-,26?,27+,28?,29?,30?,31?,32?,33?,35?,36+,37+,38-/m0/s1. The Morgan fingerprint density at radius 1 is 1.00 bits per heavy atom. The van der Waals surface area contributed by atoms with E-state index in [1.807, 2.05) is 53.6 Å². The van der Waals surface area contributed by atoms with E-state index >= 15 is 0 Å².